The van der Waals surface area contributed by atoms with Crippen molar-refractivity contribution in [2.75, 3.05) is 12.3 Å². The molecule has 6 heteroatoms. The average molecular weight is 297 g/mol. The van der Waals surface area contributed by atoms with Crippen LogP contribution in [0.1, 0.15) is 24.9 Å². The van der Waals surface area contributed by atoms with Gasteiger partial charge in [0.2, 0.25) is 5.91 Å². The van der Waals surface area contributed by atoms with Crippen LogP contribution in [0.2, 0.25) is 0 Å². The van der Waals surface area contributed by atoms with Crippen LogP contribution in [0.25, 0.3) is 0 Å². The molecule has 1 heterocycles. The second-order valence-corrected chi connectivity index (χ2v) is 5.75. The lowest BCUT2D eigenvalue weighted by Gasteiger charge is -2.39. The Bertz CT molecular complexity index is 523. The second-order valence-electron chi connectivity index (χ2n) is 4.62. The van der Waals surface area contributed by atoms with Gasteiger partial charge in [-0.3, -0.25) is 9.59 Å². The summed E-state index contributed by atoms with van der Waals surface area (Å²) in [7, 11) is 0. The van der Waals surface area contributed by atoms with E-state index in [1.807, 2.05) is 6.92 Å². The van der Waals surface area contributed by atoms with Crippen molar-refractivity contribution in [2.24, 2.45) is 0 Å². The number of thioether (sulfide) groups is 1. The molecule has 4 nitrogen and oxygen atoms in total. The van der Waals surface area contributed by atoms with Crippen molar-refractivity contribution >= 4 is 23.6 Å². The fourth-order valence-corrected chi connectivity index (χ4v) is 3.52. The second kappa shape index (κ2) is 6.26. The Morgan fingerprint density at radius 2 is 2.20 bits per heavy atom. The molecule has 20 heavy (non-hydrogen) atoms. The fourth-order valence-electron chi connectivity index (χ4n) is 2.41. The van der Waals surface area contributed by atoms with Gasteiger partial charge in [-0.25, -0.2) is 4.39 Å². The van der Waals surface area contributed by atoms with E-state index >= 15 is 0 Å². The number of hydrogen-bond acceptors (Lipinski definition) is 3. The first-order valence-corrected chi connectivity index (χ1v) is 7.49. The predicted molar refractivity (Wildman–Crippen MR) is 75.0 cm³/mol. The van der Waals surface area contributed by atoms with Gasteiger partial charge in [-0.15, -0.1) is 11.8 Å². The molecule has 1 N–H and O–H groups in total. The third-order valence-corrected chi connectivity index (χ3v) is 4.49. The summed E-state index contributed by atoms with van der Waals surface area (Å²) in [5.41, 5.74) is 0.272. The zero-order valence-corrected chi connectivity index (χ0v) is 11.9. The molecule has 0 saturated carbocycles. The van der Waals surface area contributed by atoms with E-state index in [1.54, 1.807) is 18.2 Å². The highest BCUT2D eigenvalue weighted by Crippen LogP contribution is 2.38. The third-order valence-electron chi connectivity index (χ3n) is 3.26. The number of rotatable bonds is 4. The van der Waals surface area contributed by atoms with Crippen LogP contribution in [-0.4, -0.2) is 39.4 Å². The van der Waals surface area contributed by atoms with Crippen LogP contribution in [-0.2, 0) is 9.59 Å². The summed E-state index contributed by atoms with van der Waals surface area (Å²) in [6, 6.07) is 5.31. The number of aliphatic carboxylic acids is 1. The van der Waals surface area contributed by atoms with Gasteiger partial charge in [0, 0.05) is 12.1 Å². The average Bonchev–Trinajstić information content (AvgIpc) is 2.41. The number of amides is 1. The van der Waals surface area contributed by atoms with Crippen molar-refractivity contribution in [3.63, 3.8) is 0 Å². The Labute approximate surface area is 121 Å². The summed E-state index contributed by atoms with van der Waals surface area (Å²) in [6.45, 7) is 2.34. The minimum atomic E-state index is -1.02. The number of halogens is 1. The molecule has 2 unspecified atom stereocenters. The SMILES string of the molecule is CCCN1C(=O)CSC(C(=O)O)C1c1ccccc1F. The Morgan fingerprint density at radius 1 is 1.50 bits per heavy atom. The van der Waals surface area contributed by atoms with Gasteiger partial charge in [0.25, 0.3) is 0 Å². The molecule has 1 aromatic carbocycles. The zero-order chi connectivity index (χ0) is 14.7. The van der Waals surface area contributed by atoms with Gasteiger partial charge < -0.3 is 10.0 Å². The minimum Gasteiger partial charge on any atom is -0.480 e. The third kappa shape index (κ3) is 2.80. The van der Waals surface area contributed by atoms with Crippen molar-refractivity contribution in [3.8, 4) is 0 Å². The van der Waals surface area contributed by atoms with Crippen LogP contribution in [0.15, 0.2) is 24.3 Å². The quantitative estimate of drug-likeness (QED) is 0.926. The van der Waals surface area contributed by atoms with Crippen molar-refractivity contribution in [3.05, 3.63) is 35.6 Å². The Kier molecular flexibility index (Phi) is 4.65. The Balaban J connectivity index is 2.46. The molecule has 0 aromatic heterocycles. The van der Waals surface area contributed by atoms with Crippen molar-refractivity contribution in [1.29, 1.82) is 0 Å². The molecule has 2 atom stereocenters. The molecule has 1 aliphatic heterocycles. The van der Waals surface area contributed by atoms with E-state index in [2.05, 4.69) is 0 Å². The number of carboxylic acids is 1. The lowest BCUT2D eigenvalue weighted by atomic mass is 10.00. The molecule has 0 aliphatic carbocycles. The van der Waals surface area contributed by atoms with Gasteiger partial charge in [0.05, 0.1) is 11.8 Å². The Hall–Kier alpha value is -1.56. The molecule has 1 aliphatic rings. The molecular formula is C14H16FNO3S. The molecule has 1 saturated heterocycles. The van der Waals surface area contributed by atoms with E-state index in [0.29, 0.717) is 13.0 Å². The molecular weight excluding hydrogens is 281 g/mol. The number of carbonyl (C=O) groups is 2. The number of carbonyl (C=O) groups excluding carboxylic acids is 1. The lowest BCUT2D eigenvalue weighted by Crippen LogP contribution is -2.48. The molecule has 2 rings (SSSR count). The van der Waals surface area contributed by atoms with Gasteiger partial charge in [-0.1, -0.05) is 25.1 Å². The van der Waals surface area contributed by atoms with Crippen LogP contribution in [0.3, 0.4) is 0 Å². The maximum absolute atomic E-state index is 14.0. The summed E-state index contributed by atoms with van der Waals surface area (Å²) in [5.74, 6) is -1.50. The first-order valence-electron chi connectivity index (χ1n) is 6.44. The van der Waals surface area contributed by atoms with E-state index in [-0.39, 0.29) is 17.2 Å². The van der Waals surface area contributed by atoms with Crippen LogP contribution in [0.4, 0.5) is 4.39 Å². The van der Waals surface area contributed by atoms with Crippen molar-refractivity contribution in [1.82, 2.24) is 4.90 Å². The van der Waals surface area contributed by atoms with E-state index in [1.165, 1.54) is 11.0 Å². The normalized spacial score (nSPS) is 22.9. The monoisotopic (exact) mass is 297 g/mol. The van der Waals surface area contributed by atoms with Crippen LogP contribution >= 0.6 is 11.8 Å². The highest BCUT2D eigenvalue weighted by molar-refractivity contribution is 8.01. The van der Waals surface area contributed by atoms with Gasteiger partial charge in [-0.05, 0) is 12.5 Å². The van der Waals surface area contributed by atoms with Gasteiger partial charge in [0.15, 0.2) is 0 Å². The zero-order valence-electron chi connectivity index (χ0n) is 11.1. The molecule has 1 aromatic rings. The van der Waals surface area contributed by atoms with Crippen LogP contribution in [0.5, 0.6) is 0 Å². The van der Waals surface area contributed by atoms with E-state index < -0.39 is 23.1 Å². The molecule has 0 spiro atoms. The number of carboxylic acid groups (broad SMARTS) is 1. The van der Waals surface area contributed by atoms with Crippen LogP contribution < -0.4 is 0 Å². The minimum absolute atomic E-state index is 0.127. The van der Waals surface area contributed by atoms with E-state index in [9.17, 15) is 19.1 Å². The standard InChI is InChI=1S/C14H16FNO3S/c1-2-7-16-11(17)8-20-13(14(18)19)12(16)9-5-3-4-6-10(9)15/h3-6,12-13H,2,7-8H2,1H3,(H,18,19). The first-order chi connectivity index (χ1) is 9.56. The van der Waals surface area contributed by atoms with Crippen molar-refractivity contribution in [2.45, 2.75) is 24.6 Å². The molecule has 0 bridgehead atoms. The summed E-state index contributed by atoms with van der Waals surface area (Å²) in [6.07, 6.45) is 0.702. The summed E-state index contributed by atoms with van der Waals surface area (Å²) >= 11 is 1.06. The molecule has 1 amide bonds. The maximum Gasteiger partial charge on any atom is 0.319 e. The fraction of sp³-hybridized carbons (Fsp3) is 0.429. The lowest BCUT2D eigenvalue weighted by molar-refractivity contribution is -0.140. The van der Waals surface area contributed by atoms with E-state index in [0.717, 1.165) is 11.8 Å². The number of hydrogen-bond donors (Lipinski definition) is 1. The largest absolute Gasteiger partial charge is 0.480 e. The highest BCUT2D eigenvalue weighted by Gasteiger charge is 2.42. The summed E-state index contributed by atoms with van der Waals surface area (Å²) < 4.78 is 14.0. The molecule has 1 fully saturated rings. The number of benzene rings is 1. The predicted octanol–water partition coefficient (Wildman–Crippen LogP) is 2.31. The van der Waals surface area contributed by atoms with Gasteiger partial charge >= 0.3 is 5.97 Å². The van der Waals surface area contributed by atoms with Gasteiger partial charge in [-0.2, -0.15) is 0 Å². The molecule has 0 radical (unpaired) electrons. The molecule has 108 valence electrons. The summed E-state index contributed by atoms with van der Waals surface area (Å²) in [4.78, 5) is 25.0. The first kappa shape index (κ1) is 14.8. The van der Waals surface area contributed by atoms with E-state index in [4.69, 9.17) is 0 Å². The smallest absolute Gasteiger partial charge is 0.319 e. The summed E-state index contributed by atoms with van der Waals surface area (Å²) in [5, 5.41) is 8.51. The Morgan fingerprint density at radius 3 is 2.80 bits per heavy atom. The number of nitrogens with zero attached hydrogens (tertiary/aromatic N) is 1. The maximum atomic E-state index is 14.0. The van der Waals surface area contributed by atoms with Crippen molar-refractivity contribution < 1.29 is 19.1 Å². The highest BCUT2D eigenvalue weighted by atomic mass is 32.2. The topological polar surface area (TPSA) is 57.6 Å². The van der Waals surface area contributed by atoms with Gasteiger partial charge in [0.1, 0.15) is 11.1 Å². The van der Waals surface area contributed by atoms with Crippen LogP contribution in [0, 0.1) is 5.82 Å².